The van der Waals surface area contributed by atoms with Crippen LogP contribution in [0.15, 0.2) is 30.3 Å². The summed E-state index contributed by atoms with van der Waals surface area (Å²) in [5, 5.41) is 8.93. The third-order valence-electron chi connectivity index (χ3n) is 3.84. The van der Waals surface area contributed by atoms with E-state index in [1.165, 1.54) is 31.4 Å². The van der Waals surface area contributed by atoms with Gasteiger partial charge in [0.05, 0.1) is 6.07 Å². The smallest absolute Gasteiger partial charge is 0.0628 e. The molecule has 0 heterocycles. The van der Waals surface area contributed by atoms with Crippen molar-refractivity contribution in [2.24, 2.45) is 5.41 Å². The summed E-state index contributed by atoms with van der Waals surface area (Å²) in [6.07, 6.45) is 5.58. The van der Waals surface area contributed by atoms with Crippen LogP contribution in [0.5, 0.6) is 0 Å². The Morgan fingerprint density at radius 1 is 1.28 bits per heavy atom. The molecule has 1 aromatic rings. The molecule has 2 nitrogen and oxygen atoms in total. The lowest BCUT2D eigenvalue weighted by atomic mass is 10.0. The van der Waals surface area contributed by atoms with Crippen molar-refractivity contribution in [3.63, 3.8) is 0 Å². The summed E-state index contributed by atoms with van der Waals surface area (Å²) in [5.41, 5.74) is 1.59. The molecule has 1 saturated carbocycles. The van der Waals surface area contributed by atoms with Crippen molar-refractivity contribution in [2.45, 2.75) is 39.0 Å². The van der Waals surface area contributed by atoms with Crippen LogP contribution in [0.4, 0.5) is 5.69 Å². The van der Waals surface area contributed by atoms with Crippen LogP contribution in [-0.4, -0.2) is 13.1 Å². The van der Waals surface area contributed by atoms with E-state index >= 15 is 0 Å². The Kier molecular flexibility index (Phi) is 4.25. The SMILES string of the molecule is CCCCN(CC1(CC#N)CC1)c1ccccc1. The molecule has 0 aliphatic heterocycles. The number of para-hydroxylation sites is 1. The summed E-state index contributed by atoms with van der Waals surface area (Å²) < 4.78 is 0. The molecular formula is C16H22N2. The largest absolute Gasteiger partial charge is 0.371 e. The highest BCUT2D eigenvalue weighted by atomic mass is 15.1. The van der Waals surface area contributed by atoms with Crippen LogP contribution in [0.2, 0.25) is 0 Å². The number of hydrogen-bond acceptors (Lipinski definition) is 2. The third kappa shape index (κ3) is 3.26. The Labute approximate surface area is 110 Å². The predicted molar refractivity (Wildman–Crippen MR) is 75.5 cm³/mol. The Balaban J connectivity index is 2.04. The highest BCUT2D eigenvalue weighted by Crippen LogP contribution is 2.49. The maximum Gasteiger partial charge on any atom is 0.0628 e. The minimum Gasteiger partial charge on any atom is -0.371 e. The molecule has 0 spiro atoms. The highest BCUT2D eigenvalue weighted by Gasteiger charge is 2.43. The summed E-state index contributed by atoms with van der Waals surface area (Å²) >= 11 is 0. The average molecular weight is 242 g/mol. The van der Waals surface area contributed by atoms with Gasteiger partial charge in [0.2, 0.25) is 0 Å². The van der Waals surface area contributed by atoms with Crippen molar-refractivity contribution >= 4 is 5.69 Å². The standard InChI is InChI=1S/C16H22N2/c1-2-3-13-18(15-7-5-4-6-8-15)14-16(9-10-16)11-12-17/h4-8H,2-3,9-11,13-14H2,1H3. The Morgan fingerprint density at radius 3 is 2.56 bits per heavy atom. The predicted octanol–water partition coefficient (Wildman–Crippen LogP) is 3.99. The molecule has 0 bridgehead atoms. The minimum atomic E-state index is 0.290. The molecule has 0 radical (unpaired) electrons. The molecule has 0 saturated heterocycles. The van der Waals surface area contributed by atoms with E-state index in [1.807, 2.05) is 0 Å². The second kappa shape index (κ2) is 5.91. The molecule has 1 aliphatic carbocycles. The maximum atomic E-state index is 8.93. The van der Waals surface area contributed by atoms with Gasteiger partial charge in [0.15, 0.2) is 0 Å². The minimum absolute atomic E-state index is 0.290. The number of nitriles is 1. The molecule has 2 heteroatoms. The van der Waals surface area contributed by atoms with Crippen molar-refractivity contribution in [2.75, 3.05) is 18.0 Å². The summed E-state index contributed by atoms with van der Waals surface area (Å²) in [6, 6.07) is 13.0. The van der Waals surface area contributed by atoms with Crippen LogP contribution in [0.1, 0.15) is 39.0 Å². The fourth-order valence-corrected chi connectivity index (χ4v) is 2.43. The third-order valence-corrected chi connectivity index (χ3v) is 3.84. The van der Waals surface area contributed by atoms with Crippen LogP contribution in [0.25, 0.3) is 0 Å². The lowest BCUT2D eigenvalue weighted by Gasteiger charge is -2.28. The van der Waals surface area contributed by atoms with E-state index in [-0.39, 0.29) is 0 Å². The second-order valence-corrected chi connectivity index (χ2v) is 5.45. The van der Waals surface area contributed by atoms with E-state index in [2.05, 4.69) is 48.2 Å². The topological polar surface area (TPSA) is 27.0 Å². The molecular weight excluding hydrogens is 220 g/mol. The number of rotatable bonds is 7. The maximum absolute atomic E-state index is 8.93. The molecule has 1 fully saturated rings. The lowest BCUT2D eigenvalue weighted by molar-refractivity contribution is 0.503. The van der Waals surface area contributed by atoms with Gasteiger partial charge in [-0.1, -0.05) is 31.5 Å². The zero-order valence-corrected chi connectivity index (χ0v) is 11.2. The van der Waals surface area contributed by atoms with Crippen LogP contribution < -0.4 is 4.90 Å². The first-order valence-corrected chi connectivity index (χ1v) is 6.97. The van der Waals surface area contributed by atoms with Gasteiger partial charge in [-0.05, 0) is 31.4 Å². The van der Waals surface area contributed by atoms with Crippen molar-refractivity contribution in [3.8, 4) is 6.07 Å². The number of anilines is 1. The van der Waals surface area contributed by atoms with Crippen LogP contribution in [0.3, 0.4) is 0 Å². The summed E-state index contributed by atoms with van der Waals surface area (Å²) in [5.74, 6) is 0. The molecule has 0 N–H and O–H groups in total. The lowest BCUT2D eigenvalue weighted by Crippen LogP contribution is -2.31. The molecule has 96 valence electrons. The van der Waals surface area contributed by atoms with Crippen LogP contribution in [-0.2, 0) is 0 Å². The molecule has 2 rings (SSSR count). The number of nitrogens with zero attached hydrogens (tertiary/aromatic N) is 2. The van der Waals surface area contributed by atoms with Gasteiger partial charge in [0, 0.05) is 30.6 Å². The Morgan fingerprint density at radius 2 is 2.00 bits per heavy atom. The summed E-state index contributed by atoms with van der Waals surface area (Å²) in [4.78, 5) is 2.47. The quantitative estimate of drug-likeness (QED) is 0.723. The van der Waals surface area contributed by atoms with Gasteiger partial charge in [0.1, 0.15) is 0 Å². The second-order valence-electron chi connectivity index (χ2n) is 5.45. The van der Waals surface area contributed by atoms with E-state index in [1.54, 1.807) is 0 Å². The molecule has 1 aromatic carbocycles. The van der Waals surface area contributed by atoms with Crippen molar-refractivity contribution in [1.29, 1.82) is 5.26 Å². The van der Waals surface area contributed by atoms with E-state index in [4.69, 9.17) is 5.26 Å². The van der Waals surface area contributed by atoms with Crippen molar-refractivity contribution < 1.29 is 0 Å². The molecule has 0 atom stereocenters. The van der Waals surface area contributed by atoms with Gasteiger partial charge < -0.3 is 4.90 Å². The van der Waals surface area contributed by atoms with E-state index in [0.29, 0.717) is 11.8 Å². The van der Waals surface area contributed by atoms with Crippen molar-refractivity contribution in [1.82, 2.24) is 0 Å². The van der Waals surface area contributed by atoms with E-state index in [0.717, 1.165) is 13.1 Å². The van der Waals surface area contributed by atoms with Gasteiger partial charge in [-0.15, -0.1) is 0 Å². The van der Waals surface area contributed by atoms with Crippen LogP contribution in [0, 0.1) is 16.7 Å². The molecule has 1 aliphatic rings. The van der Waals surface area contributed by atoms with E-state index in [9.17, 15) is 0 Å². The number of benzene rings is 1. The Bertz CT molecular complexity index is 401. The molecule has 0 unspecified atom stereocenters. The molecule has 0 amide bonds. The fraction of sp³-hybridized carbons (Fsp3) is 0.562. The van der Waals surface area contributed by atoms with Gasteiger partial charge in [-0.2, -0.15) is 5.26 Å². The molecule has 0 aromatic heterocycles. The van der Waals surface area contributed by atoms with Gasteiger partial charge >= 0.3 is 0 Å². The van der Waals surface area contributed by atoms with Gasteiger partial charge in [0.25, 0.3) is 0 Å². The van der Waals surface area contributed by atoms with Gasteiger partial charge in [-0.3, -0.25) is 0 Å². The van der Waals surface area contributed by atoms with E-state index < -0.39 is 0 Å². The first-order chi connectivity index (χ1) is 8.79. The molecule has 18 heavy (non-hydrogen) atoms. The van der Waals surface area contributed by atoms with Gasteiger partial charge in [-0.25, -0.2) is 0 Å². The zero-order chi connectivity index (χ0) is 12.8. The first kappa shape index (κ1) is 13.0. The number of hydrogen-bond donors (Lipinski definition) is 0. The monoisotopic (exact) mass is 242 g/mol. The normalized spacial score (nSPS) is 16.0. The summed E-state index contributed by atoms with van der Waals surface area (Å²) in [6.45, 7) is 4.38. The van der Waals surface area contributed by atoms with Crippen molar-refractivity contribution in [3.05, 3.63) is 30.3 Å². The summed E-state index contributed by atoms with van der Waals surface area (Å²) in [7, 11) is 0. The zero-order valence-electron chi connectivity index (χ0n) is 11.2. The Hall–Kier alpha value is -1.49. The highest BCUT2D eigenvalue weighted by molar-refractivity contribution is 5.46. The number of unbranched alkanes of at least 4 members (excludes halogenated alkanes) is 1. The fourth-order valence-electron chi connectivity index (χ4n) is 2.43. The average Bonchev–Trinajstić information content (AvgIpc) is 3.16. The van der Waals surface area contributed by atoms with Crippen LogP contribution >= 0.6 is 0 Å². The first-order valence-electron chi connectivity index (χ1n) is 6.97.